The summed E-state index contributed by atoms with van der Waals surface area (Å²) >= 11 is 0. The summed E-state index contributed by atoms with van der Waals surface area (Å²) in [6.07, 6.45) is 15.5. The summed E-state index contributed by atoms with van der Waals surface area (Å²) in [5, 5.41) is 0. The van der Waals surface area contributed by atoms with E-state index in [1.54, 1.807) is 0 Å². The summed E-state index contributed by atoms with van der Waals surface area (Å²) in [7, 11) is 0. The summed E-state index contributed by atoms with van der Waals surface area (Å²) in [4.78, 5) is 0. The molecule has 0 atom stereocenters. The molecule has 0 N–H and O–H groups in total. The lowest BCUT2D eigenvalue weighted by Gasteiger charge is -1.96. The highest BCUT2D eigenvalue weighted by Gasteiger charge is 1.80. The van der Waals surface area contributed by atoms with Crippen molar-refractivity contribution in [3.8, 4) is 0 Å². The molecule has 0 heterocycles. The first-order valence-electron chi connectivity index (χ1n) is 6.63. The van der Waals surface area contributed by atoms with Gasteiger partial charge in [-0.05, 0) is 80.0 Å². The van der Waals surface area contributed by atoms with Crippen LogP contribution >= 0.6 is 27.5 Å². The molecule has 0 aliphatic rings. The molecule has 0 spiro atoms. The van der Waals surface area contributed by atoms with Crippen LogP contribution in [0.15, 0.2) is 0 Å². The first-order chi connectivity index (χ1) is 8.00. The molecule has 0 nitrogen and oxygen atoms in total. The van der Waals surface area contributed by atoms with Gasteiger partial charge >= 0.3 is 0 Å². The lowest BCUT2D eigenvalue weighted by Crippen LogP contribution is -1.62. The molecule has 0 aliphatic carbocycles. The molecular formula is C16H44P4. The second kappa shape index (κ2) is 11.7. The average Bonchev–Trinajstić information content (AvgIpc) is 1.62. The van der Waals surface area contributed by atoms with Crippen molar-refractivity contribution in [1.29, 1.82) is 0 Å². The fraction of sp³-hybridized carbons (Fsp3) is 0.750. The summed E-state index contributed by atoms with van der Waals surface area (Å²) in [5.41, 5.74) is 0. The zero-order valence-corrected chi connectivity index (χ0v) is 20.2. The van der Waals surface area contributed by atoms with Crippen molar-refractivity contribution in [2.24, 2.45) is 0 Å². The van der Waals surface area contributed by atoms with Gasteiger partial charge in [-0.3, -0.25) is 0 Å². The Morgan fingerprint density at radius 2 is 0.300 bits per heavy atom. The third-order valence-electron chi connectivity index (χ3n) is 0. The fourth-order valence-corrected chi connectivity index (χ4v) is 0. The van der Waals surface area contributed by atoms with Crippen LogP contribution in [0.3, 0.4) is 0 Å². The quantitative estimate of drug-likeness (QED) is 0.514. The molecule has 20 heavy (non-hydrogen) atoms. The van der Waals surface area contributed by atoms with Gasteiger partial charge in [-0.2, -0.15) is 0 Å². The van der Waals surface area contributed by atoms with Crippen LogP contribution < -0.4 is 0 Å². The van der Waals surface area contributed by atoms with Crippen molar-refractivity contribution in [2.75, 3.05) is 80.0 Å². The lowest BCUT2D eigenvalue weighted by atomic mass is 11.8. The molecule has 0 amide bonds. The minimum atomic E-state index is -0.639. The Morgan fingerprint density at radius 1 is 0.300 bits per heavy atom. The standard InChI is InChI=1S/4C4H11P/c4*1-5(2,3)4/h4*1H2,2-4H3. The number of hydrogen-bond donors (Lipinski definition) is 0. The first-order valence-corrected chi connectivity index (χ1v) is 19.9. The highest BCUT2D eigenvalue weighted by atomic mass is 31.2. The molecule has 4 heteroatoms. The molecular weight excluding hydrogens is 316 g/mol. The van der Waals surface area contributed by atoms with Crippen molar-refractivity contribution in [3.05, 3.63) is 0 Å². The van der Waals surface area contributed by atoms with Crippen molar-refractivity contribution in [2.45, 2.75) is 0 Å². The maximum absolute atomic E-state index is 3.88. The Bertz CT molecular complexity index is 279. The van der Waals surface area contributed by atoms with Crippen LogP contribution in [0.2, 0.25) is 0 Å². The summed E-state index contributed by atoms with van der Waals surface area (Å²) in [6, 6.07) is 0. The highest BCUT2D eigenvalue weighted by molar-refractivity contribution is 7.72. The van der Waals surface area contributed by atoms with E-state index in [-0.39, 0.29) is 0 Å². The molecule has 0 aliphatic heterocycles. The zero-order chi connectivity index (χ0) is 18.0. The molecule has 0 bridgehead atoms. The average molecular weight is 360 g/mol. The van der Waals surface area contributed by atoms with Gasteiger partial charge in [0.25, 0.3) is 0 Å². The van der Waals surface area contributed by atoms with E-state index in [9.17, 15) is 0 Å². The summed E-state index contributed by atoms with van der Waals surface area (Å²) in [6.45, 7) is 23.7. The molecule has 0 saturated heterocycles. The van der Waals surface area contributed by atoms with Gasteiger partial charge in [0, 0.05) is 0 Å². The Labute approximate surface area is 133 Å². The van der Waals surface area contributed by atoms with Crippen LogP contribution in [0.25, 0.3) is 0 Å². The van der Waals surface area contributed by atoms with Gasteiger partial charge in [-0.25, -0.2) is 0 Å². The maximum Gasteiger partial charge on any atom is -0.0456 e. The SMILES string of the molecule is C=P(C)(C)C.C=P(C)(C)C.C=P(C)(C)C.C=P(C)(C)C. The van der Waals surface area contributed by atoms with Gasteiger partial charge in [-0.1, -0.05) is 0 Å². The van der Waals surface area contributed by atoms with Gasteiger partial charge in [0.1, 0.15) is 0 Å². The van der Waals surface area contributed by atoms with Gasteiger partial charge in [0.05, 0.1) is 0 Å². The van der Waals surface area contributed by atoms with Crippen molar-refractivity contribution in [3.63, 3.8) is 0 Å². The molecule has 0 fully saturated rings. The van der Waals surface area contributed by atoms with Gasteiger partial charge in [-0.15, -0.1) is 52.7 Å². The summed E-state index contributed by atoms with van der Waals surface area (Å²) in [5.74, 6) is 0. The maximum atomic E-state index is 3.88. The van der Waals surface area contributed by atoms with E-state index in [0.29, 0.717) is 0 Å². The van der Waals surface area contributed by atoms with E-state index in [0.717, 1.165) is 0 Å². The minimum Gasteiger partial charge on any atom is -0.121 e. The van der Waals surface area contributed by atoms with E-state index in [1.807, 2.05) is 0 Å². The fourth-order valence-electron chi connectivity index (χ4n) is 0. The Balaban J connectivity index is -0.0000000853. The molecule has 0 aromatic carbocycles. The van der Waals surface area contributed by atoms with E-state index in [2.05, 4.69) is 105 Å². The smallest absolute Gasteiger partial charge is 0.0456 e. The van der Waals surface area contributed by atoms with Crippen LogP contribution in [-0.4, -0.2) is 105 Å². The largest absolute Gasteiger partial charge is 0.121 e. The summed E-state index contributed by atoms with van der Waals surface area (Å²) < 4.78 is 0. The van der Waals surface area contributed by atoms with Crippen LogP contribution in [0.5, 0.6) is 0 Å². The second-order valence-electron chi connectivity index (χ2n) is 9.16. The van der Waals surface area contributed by atoms with Crippen molar-refractivity contribution >= 4 is 52.7 Å². The normalized spacial score (nSPS) is 11.8. The van der Waals surface area contributed by atoms with E-state index < -0.39 is 27.5 Å². The molecule has 0 rings (SSSR count). The molecule has 0 aromatic heterocycles. The first kappa shape index (κ1) is 29.2. The molecule has 128 valence electrons. The predicted octanol–water partition coefficient (Wildman–Crippen LogP) is 5.30. The van der Waals surface area contributed by atoms with Gasteiger partial charge in [0.2, 0.25) is 0 Å². The molecule has 0 radical (unpaired) electrons. The number of hydrogen-bond acceptors (Lipinski definition) is 0. The third kappa shape index (κ3) is 4420. The molecule has 0 unspecified atom stereocenters. The third-order valence-corrected chi connectivity index (χ3v) is 0. The Morgan fingerprint density at radius 3 is 0.300 bits per heavy atom. The van der Waals surface area contributed by atoms with Crippen LogP contribution in [-0.2, 0) is 0 Å². The monoisotopic (exact) mass is 360 g/mol. The minimum absolute atomic E-state index is 0.639. The van der Waals surface area contributed by atoms with E-state index in [4.69, 9.17) is 0 Å². The van der Waals surface area contributed by atoms with E-state index in [1.165, 1.54) is 0 Å². The number of rotatable bonds is 0. The van der Waals surface area contributed by atoms with Crippen molar-refractivity contribution < 1.29 is 0 Å². The lowest BCUT2D eigenvalue weighted by molar-refractivity contribution is 2.11. The van der Waals surface area contributed by atoms with Crippen LogP contribution in [0.4, 0.5) is 0 Å². The van der Waals surface area contributed by atoms with Gasteiger partial charge < -0.3 is 0 Å². The molecule has 0 saturated carbocycles. The topological polar surface area (TPSA) is 0 Å². The van der Waals surface area contributed by atoms with Gasteiger partial charge in [0.15, 0.2) is 0 Å². The Hall–Kier alpha value is 1.20. The van der Waals surface area contributed by atoms with Crippen LogP contribution in [0, 0.1) is 0 Å². The zero-order valence-electron chi connectivity index (χ0n) is 16.6. The van der Waals surface area contributed by atoms with Crippen molar-refractivity contribution in [1.82, 2.24) is 0 Å². The van der Waals surface area contributed by atoms with Crippen LogP contribution in [0.1, 0.15) is 0 Å². The second-order valence-corrected chi connectivity index (χ2v) is 27.5. The van der Waals surface area contributed by atoms with E-state index >= 15 is 0 Å². The highest BCUT2D eigenvalue weighted by Crippen LogP contribution is 2.28. The Kier molecular flexibility index (Phi) is 17.1. The predicted molar refractivity (Wildman–Crippen MR) is 127 cm³/mol. The molecule has 0 aromatic rings.